The predicted molar refractivity (Wildman–Crippen MR) is 132 cm³/mol. The van der Waals surface area contributed by atoms with E-state index in [2.05, 4.69) is 21.2 Å². The third kappa shape index (κ3) is 6.61. The highest BCUT2D eigenvalue weighted by Crippen LogP contribution is 2.35. The average molecular weight is 516 g/mol. The lowest BCUT2D eigenvalue weighted by molar-refractivity contribution is -0.137. The predicted octanol–water partition coefficient (Wildman–Crippen LogP) is 7.21. The molecule has 0 aliphatic carbocycles. The van der Waals surface area contributed by atoms with Crippen LogP contribution in [0.15, 0.2) is 76.1 Å². The van der Waals surface area contributed by atoms with Crippen LogP contribution in [0.2, 0.25) is 0 Å². The number of ether oxygens (including phenoxy) is 2. The van der Waals surface area contributed by atoms with Gasteiger partial charge < -0.3 is 14.8 Å². The SMILES string of the molecule is CCOC(=O)/C=C/c1cc(SCc2ccccc2)c(F)cc1Nc1ccc(Br)cc1OC. The second kappa shape index (κ2) is 11.7. The van der Waals surface area contributed by atoms with Gasteiger partial charge >= 0.3 is 5.97 Å². The minimum Gasteiger partial charge on any atom is -0.495 e. The molecule has 0 bridgehead atoms. The van der Waals surface area contributed by atoms with Gasteiger partial charge in [-0.1, -0.05) is 46.3 Å². The second-order valence-corrected chi connectivity index (χ2v) is 8.63. The van der Waals surface area contributed by atoms with E-state index in [1.165, 1.54) is 23.9 Å². The molecular formula is C25H23BrFNO3S. The van der Waals surface area contributed by atoms with Crippen LogP contribution in [0.5, 0.6) is 5.75 Å². The summed E-state index contributed by atoms with van der Waals surface area (Å²) < 4.78 is 26.3. The third-order valence-electron chi connectivity index (χ3n) is 4.46. The maximum absolute atomic E-state index is 15.0. The molecule has 3 aromatic rings. The van der Waals surface area contributed by atoms with Gasteiger partial charge in [0.15, 0.2) is 0 Å². The largest absolute Gasteiger partial charge is 0.495 e. The molecule has 0 atom stereocenters. The Bertz CT molecular complexity index is 1110. The minimum absolute atomic E-state index is 0.284. The molecular weight excluding hydrogens is 493 g/mol. The molecule has 32 heavy (non-hydrogen) atoms. The van der Waals surface area contributed by atoms with Crippen LogP contribution in [0.4, 0.5) is 15.8 Å². The summed E-state index contributed by atoms with van der Waals surface area (Å²) in [6, 6.07) is 18.5. The highest BCUT2D eigenvalue weighted by atomic mass is 79.9. The van der Waals surface area contributed by atoms with Gasteiger partial charge in [0.25, 0.3) is 0 Å². The second-order valence-electron chi connectivity index (χ2n) is 6.70. The summed E-state index contributed by atoms with van der Waals surface area (Å²) in [6.45, 7) is 2.03. The Labute approximate surface area is 200 Å². The van der Waals surface area contributed by atoms with E-state index >= 15 is 0 Å². The van der Waals surface area contributed by atoms with Crippen molar-refractivity contribution in [2.24, 2.45) is 0 Å². The maximum Gasteiger partial charge on any atom is 0.330 e. The van der Waals surface area contributed by atoms with Crippen molar-refractivity contribution in [3.8, 4) is 5.75 Å². The molecule has 0 spiro atoms. The highest BCUT2D eigenvalue weighted by Gasteiger charge is 2.13. The van der Waals surface area contributed by atoms with Gasteiger partial charge in [0.2, 0.25) is 0 Å². The van der Waals surface area contributed by atoms with Crippen LogP contribution in [-0.2, 0) is 15.3 Å². The summed E-state index contributed by atoms with van der Waals surface area (Å²) in [7, 11) is 1.57. The molecule has 1 N–H and O–H groups in total. The molecule has 0 saturated carbocycles. The zero-order valence-corrected chi connectivity index (χ0v) is 20.1. The number of rotatable bonds is 9. The van der Waals surface area contributed by atoms with E-state index < -0.39 is 5.97 Å². The molecule has 3 aromatic carbocycles. The molecule has 0 amide bonds. The number of benzene rings is 3. The maximum atomic E-state index is 15.0. The average Bonchev–Trinajstić information content (AvgIpc) is 2.79. The Morgan fingerprint density at radius 3 is 2.62 bits per heavy atom. The van der Waals surface area contributed by atoms with Gasteiger partial charge in [-0.2, -0.15) is 0 Å². The fraction of sp³-hybridized carbons (Fsp3) is 0.160. The van der Waals surface area contributed by atoms with Crippen molar-refractivity contribution in [2.75, 3.05) is 19.0 Å². The zero-order valence-electron chi connectivity index (χ0n) is 17.7. The number of carbonyl (C=O) groups excluding carboxylic acids is 1. The molecule has 3 rings (SSSR count). The van der Waals surface area contributed by atoms with E-state index in [0.717, 1.165) is 10.0 Å². The number of hydrogen-bond donors (Lipinski definition) is 1. The van der Waals surface area contributed by atoms with E-state index in [9.17, 15) is 9.18 Å². The first-order valence-corrected chi connectivity index (χ1v) is 11.7. The topological polar surface area (TPSA) is 47.6 Å². The number of hydrogen-bond acceptors (Lipinski definition) is 5. The minimum atomic E-state index is -0.456. The van der Waals surface area contributed by atoms with Crippen LogP contribution in [0.3, 0.4) is 0 Å². The molecule has 7 heteroatoms. The number of halogens is 2. The molecule has 0 aliphatic heterocycles. The number of methoxy groups -OCH3 is 1. The van der Waals surface area contributed by atoms with Gasteiger partial charge in [-0.3, -0.25) is 0 Å². The molecule has 0 fully saturated rings. The van der Waals surface area contributed by atoms with Crippen LogP contribution >= 0.6 is 27.7 Å². The van der Waals surface area contributed by atoms with Crippen LogP contribution in [0.1, 0.15) is 18.1 Å². The third-order valence-corrected chi connectivity index (χ3v) is 6.05. The summed E-state index contributed by atoms with van der Waals surface area (Å²) >= 11 is 4.82. The van der Waals surface area contributed by atoms with Crippen LogP contribution in [0, 0.1) is 5.82 Å². The zero-order chi connectivity index (χ0) is 22.9. The van der Waals surface area contributed by atoms with E-state index in [1.54, 1.807) is 26.2 Å². The molecule has 0 saturated heterocycles. The van der Waals surface area contributed by atoms with E-state index in [4.69, 9.17) is 9.47 Å². The molecule has 166 valence electrons. The lowest BCUT2D eigenvalue weighted by atomic mass is 10.1. The Morgan fingerprint density at radius 1 is 1.12 bits per heavy atom. The first-order valence-electron chi connectivity index (χ1n) is 9.95. The molecule has 0 heterocycles. The highest BCUT2D eigenvalue weighted by molar-refractivity contribution is 9.10. The van der Waals surface area contributed by atoms with Gasteiger partial charge in [0, 0.05) is 26.9 Å². The van der Waals surface area contributed by atoms with Gasteiger partial charge in [0.05, 0.1) is 19.4 Å². The first kappa shape index (κ1) is 23.9. The van der Waals surface area contributed by atoms with Crippen LogP contribution in [-0.4, -0.2) is 19.7 Å². The Morgan fingerprint density at radius 2 is 1.91 bits per heavy atom. The summed E-state index contributed by atoms with van der Waals surface area (Å²) in [5.74, 6) is 0.425. The van der Waals surface area contributed by atoms with Crippen molar-refractivity contribution in [1.82, 2.24) is 0 Å². The molecule has 0 aliphatic rings. The van der Waals surface area contributed by atoms with Crippen molar-refractivity contribution in [3.63, 3.8) is 0 Å². The van der Waals surface area contributed by atoms with E-state index in [-0.39, 0.29) is 12.4 Å². The molecule has 0 unspecified atom stereocenters. The van der Waals surface area contributed by atoms with Crippen molar-refractivity contribution in [2.45, 2.75) is 17.6 Å². The van der Waals surface area contributed by atoms with Gasteiger partial charge in [-0.25, -0.2) is 9.18 Å². The number of anilines is 2. The van der Waals surface area contributed by atoms with Crippen molar-refractivity contribution in [3.05, 3.63) is 88.2 Å². The van der Waals surface area contributed by atoms with E-state index in [0.29, 0.717) is 33.3 Å². The normalized spacial score (nSPS) is 10.9. The Balaban J connectivity index is 1.93. The number of thioether (sulfide) groups is 1. The molecule has 4 nitrogen and oxygen atoms in total. The van der Waals surface area contributed by atoms with Gasteiger partial charge in [0.1, 0.15) is 11.6 Å². The van der Waals surface area contributed by atoms with Crippen molar-refractivity contribution in [1.29, 1.82) is 0 Å². The fourth-order valence-electron chi connectivity index (χ4n) is 2.92. The van der Waals surface area contributed by atoms with Gasteiger partial charge in [-0.15, -0.1) is 11.8 Å². The number of carbonyl (C=O) groups is 1. The van der Waals surface area contributed by atoms with Crippen molar-refractivity contribution >= 4 is 51.1 Å². The number of nitrogens with one attached hydrogen (secondary N) is 1. The summed E-state index contributed by atoms with van der Waals surface area (Å²) in [6.07, 6.45) is 2.96. The van der Waals surface area contributed by atoms with Crippen molar-refractivity contribution < 1.29 is 18.7 Å². The summed E-state index contributed by atoms with van der Waals surface area (Å²) in [5.41, 5.74) is 2.93. The standard InChI is InChI=1S/C25H23BrFNO3S/c1-3-31-25(29)12-9-18-13-24(32-16-17-7-5-4-6-8-17)20(27)15-22(18)28-21-11-10-19(26)14-23(21)30-2/h4-15,28H,3,16H2,1-2H3/b12-9+. The summed E-state index contributed by atoms with van der Waals surface area (Å²) in [4.78, 5) is 12.3. The Kier molecular flexibility index (Phi) is 8.76. The number of esters is 1. The summed E-state index contributed by atoms with van der Waals surface area (Å²) in [5, 5.41) is 3.22. The Hall–Kier alpha value is -2.77. The fourth-order valence-corrected chi connectivity index (χ4v) is 4.18. The monoisotopic (exact) mass is 515 g/mol. The molecule has 0 radical (unpaired) electrons. The lowest BCUT2D eigenvalue weighted by Crippen LogP contribution is -2.00. The van der Waals surface area contributed by atoms with E-state index in [1.807, 2.05) is 48.5 Å². The van der Waals surface area contributed by atoms with Crippen LogP contribution in [0.25, 0.3) is 6.08 Å². The van der Waals surface area contributed by atoms with Crippen LogP contribution < -0.4 is 10.1 Å². The van der Waals surface area contributed by atoms with Gasteiger partial charge in [-0.05, 0) is 54.5 Å². The first-order chi connectivity index (χ1) is 15.5. The smallest absolute Gasteiger partial charge is 0.330 e. The quantitative estimate of drug-likeness (QED) is 0.185. The molecule has 0 aromatic heterocycles. The lowest BCUT2D eigenvalue weighted by Gasteiger charge is -2.15.